The highest BCUT2D eigenvalue weighted by molar-refractivity contribution is 5.96. The standard InChI is InChI=1S/C24H19N9/c1-33(2)15-9-14(11-25-12-15)19-10-17-20(13-28-19)31-32-22(17)24-29-21-16(6-8-27-23(21)30-24)18-5-3-4-7-26-18/h3-13H,1-2H3,(H,31,32)(H,27,29,30). The van der Waals surface area contributed by atoms with E-state index in [0.717, 1.165) is 44.6 Å². The van der Waals surface area contributed by atoms with Crippen molar-refractivity contribution in [2.75, 3.05) is 19.0 Å². The molecule has 0 aliphatic rings. The van der Waals surface area contributed by atoms with Gasteiger partial charge in [-0.25, -0.2) is 9.97 Å². The number of H-pyrrole nitrogens is 2. The summed E-state index contributed by atoms with van der Waals surface area (Å²) < 4.78 is 0. The fraction of sp³-hybridized carbons (Fsp3) is 0.0833. The van der Waals surface area contributed by atoms with E-state index in [1.54, 1.807) is 18.6 Å². The molecule has 2 N–H and O–H groups in total. The summed E-state index contributed by atoms with van der Waals surface area (Å²) in [5, 5.41) is 8.49. The molecule has 0 aromatic carbocycles. The van der Waals surface area contributed by atoms with Gasteiger partial charge >= 0.3 is 0 Å². The zero-order valence-corrected chi connectivity index (χ0v) is 18.0. The highest BCUT2D eigenvalue weighted by Crippen LogP contribution is 2.31. The van der Waals surface area contributed by atoms with Crippen molar-refractivity contribution >= 4 is 27.8 Å². The van der Waals surface area contributed by atoms with Gasteiger partial charge in [0.2, 0.25) is 0 Å². The molecule has 6 heterocycles. The second-order valence-corrected chi connectivity index (χ2v) is 7.87. The first-order valence-electron chi connectivity index (χ1n) is 10.4. The third-order valence-corrected chi connectivity index (χ3v) is 5.54. The fourth-order valence-electron chi connectivity index (χ4n) is 3.83. The largest absolute Gasteiger partial charge is 0.376 e. The SMILES string of the molecule is CN(C)c1cncc(-c2cc3c(-c4nc5nccc(-c6ccccn6)c5[nH]4)n[nH]c3cn2)c1. The Morgan fingerprint density at radius 3 is 2.67 bits per heavy atom. The molecule has 0 radical (unpaired) electrons. The van der Waals surface area contributed by atoms with Gasteiger partial charge in [-0.2, -0.15) is 5.10 Å². The highest BCUT2D eigenvalue weighted by atomic mass is 15.1. The number of nitrogens with one attached hydrogen (secondary N) is 2. The van der Waals surface area contributed by atoms with Crippen LogP contribution in [0.1, 0.15) is 0 Å². The number of aromatic nitrogens is 8. The van der Waals surface area contributed by atoms with E-state index in [-0.39, 0.29) is 0 Å². The molecule has 6 aromatic rings. The molecule has 6 aromatic heterocycles. The summed E-state index contributed by atoms with van der Waals surface area (Å²) in [5.41, 5.74) is 7.50. The van der Waals surface area contributed by atoms with Crippen molar-refractivity contribution in [1.29, 1.82) is 0 Å². The van der Waals surface area contributed by atoms with Crippen molar-refractivity contribution in [1.82, 2.24) is 40.1 Å². The minimum atomic E-state index is 0.612. The zero-order valence-electron chi connectivity index (χ0n) is 18.0. The lowest BCUT2D eigenvalue weighted by Gasteiger charge is -2.12. The predicted molar refractivity (Wildman–Crippen MR) is 128 cm³/mol. The summed E-state index contributed by atoms with van der Waals surface area (Å²) >= 11 is 0. The second-order valence-electron chi connectivity index (χ2n) is 7.87. The maximum atomic E-state index is 4.71. The van der Waals surface area contributed by atoms with Crippen LogP contribution in [0.15, 0.2) is 67.4 Å². The van der Waals surface area contributed by atoms with E-state index < -0.39 is 0 Å². The number of rotatable bonds is 4. The molecular weight excluding hydrogens is 414 g/mol. The molecule has 9 nitrogen and oxygen atoms in total. The number of hydrogen-bond donors (Lipinski definition) is 2. The van der Waals surface area contributed by atoms with Crippen LogP contribution in [0, 0.1) is 0 Å². The second kappa shape index (κ2) is 7.49. The van der Waals surface area contributed by atoms with Crippen LogP contribution in [0.4, 0.5) is 5.69 Å². The number of imidazole rings is 1. The van der Waals surface area contributed by atoms with Crippen LogP contribution in [-0.4, -0.2) is 54.2 Å². The average molecular weight is 433 g/mol. The summed E-state index contributed by atoms with van der Waals surface area (Å²) in [4.78, 5) is 28.0. The van der Waals surface area contributed by atoms with E-state index in [2.05, 4.69) is 41.2 Å². The first-order valence-corrected chi connectivity index (χ1v) is 10.4. The Bertz CT molecular complexity index is 1600. The monoisotopic (exact) mass is 433 g/mol. The first-order chi connectivity index (χ1) is 16.2. The molecule has 33 heavy (non-hydrogen) atoms. The van der Waals surface area contributed by atoms with Gasteiger partial charge in [0.15, 0.2) is 11.5 Å². The molecule has 0 bridgehead atoms. The summed E-state index contributed by atoms with van der Waals surface area (Å²) in [7, 11) is 3.97. The molecule has 0 spiro atoms. The van der Waals surface area contributed by atoms with E-state index in [1.807, 2.05) is 61.7 Å². The number of pyridine rings is 4. The predicted octanol–water partition coefficient (Wildman–Crippen LogP) is 4.09. The molecule has 0 saturated carbocycles. The topological polar surface area (TPSA) is 112 Å². The van der Waals surface area contributed by atoms with E-state index >= 15 is 0 Å². The lowest BCUT2D eigenvalue weighted by molar-refractivity contribution is 1.10. The van der Waals surface area contributed by atoms with Crippen molar-refractivity contribution in [3.05, 3.63) is 67.4 Å². The van der Waals surface area contributed by atoms with Gasteiger partial charge in [-0.05, 0) is 30.3 Å². The highest BCUT2D eigenvalue weighted by Gasteiger charge is 2.17. The maximum Gasteiger partial charge on any atom is 0.178 e. The van der Waals surface area contributed by atoms with Gasteiger partial charge in [0.25, 0.3) is 0 Å². The molecule has 0 atom stereocenters. The normalized spacial score (nSPS) is 11.3. The van der Waals surface area contributed by atoms with Crippen molar-refractivity contribution in [2.24, 2.45) is 0 Å². The van der Waals surface area contributed by atoms with Crippen molar-refractivity contribution in [3.8, 4) is 34.0 Å². The quantitative estimate of drug-likeness (QED) is 0.431. The molecular formula is C24H19N9. The van der Waals surface area contributed by atoms with Gasteiger partial charge in [0, 0.05) is 49.2 Å². The van der Waals surface area contributed by atoms with Gasteiger partial charge in [-0.1, -0.05) is 6.07 Å². The van der Waals surface area contributed by atoms with E-state index in [9.17, 15) is 0 Å². The van der Waals surface area contributed by atoms with Crippen LogP contribution in [0.25, 0.3) is 56.1 Å². The minimum Gasteiger partial charge on any atom is -0.376 e. The number of fused-ring (bicyclic) bond motifs is 2. The van der Waals surface area contributed by atoms with Crippen LogP contribution < -0.4 is 4.90 Å². The Morgan fingerprint density at radius 2 is 1.82 bits per heavy atom. The zero-order chi connectivity index (χ0) is 22.4. The molecule has 0 aliphatic heterocycles. The summed E-state index contributed by atoms with van der Waals surface area (Å²) in [6.07, 6.45) is 8.93. The Morgan fingerprint density at radius 1 is 0.879 bits per heavy atom. The smallest absolute Gasteiger partial charge is 0.178 e. The number of hydrogen-bond acceptors (Lipinski definition) is 7. The molecule has 6 rings (SSSR count). The van der Waals surface area contributed by atoms with Crippen LogP contribution in [0.2, 0.25) is 0 Å². The van der Waals surface area contributed by atoms with E-state index in [4.69, 9.17) is 4.98 Å². The molecule has 0 aliphatic carbocycles. The molecule has 160 valence electrons. The summed E-state index contributed by atoms with van der Waals surface area (Å²) in [6, 6.07) is 11.8. The molecule has 9 heteroatoms. The van der Waals surface area contributed by atoms with Crippen LogP contribution in [0.5, 0.6) is 0 Å². The third-order valence-electron chi connectivity index (χ3n) is 5.54. The van der Waals surface area contributed by atoms with E-state index in [1.165, 1.54) is 0 Å². The average Bonchev–Trinajstić information content (AvgIpc) is 3.48. The Labute approximate surface area is 188 Å². The lowest BCUT2D eigenvalue weighted by atomic mass is 10.1. The summed E-state index contributed by atoms with van der Waals surface area (Å²) in [6.45, 7) is 0. The lowest BCUT2D eigenvalue weighted by Crippen LogP contribution is -2.08. The minimum absolute atomic E-state index is 0.612. The number of anilines is 1. The van der Waals surface area contributed by atoms with Crippen molar-refractivity contribution in [3.63, 3.8) is 0 Å². The van der Waals surface area contributed by atoms with Crippen molar-refractivity contribution < 1.29 is 0 Å². The molecule has 0 unspecified atom stereocenters. The Kier molecular flexibility index (Phi) is 4.32. The van der Waals surface area contributed by atoms with Gasteiger partial charge in [-0.15, -0.1) is 0 Å². The van der Waals surface area contributed by atoms with Crippen molar-refractivity contribution in [2.45, 2.75) is 0 Å². The maximum absolute atomic E-state index is 4.71. The van der Waals surface area contributed by atoms with Gasteiger partial charge < -0.3 is 9.88 Å². The van der Waals surface area contributed by atoms with E-state index in [0.29, 0.717) is 17.2 Å². The van der Waals surface area contributed by atoms with Crippen LogP contribution in [-0.2, 0) is 0 Å². The van der Waals surface area contributed by atoms with Gasteiger partial charge in [0.1, 0.15) is 5.69 Å². The Hall–Kier alpha value is -4.66. The van der Waals surface area contributed by atoms with Crippen LogP contribution in [0.3, 0.4) is 0 Å². The number of aromatic amines is 2. The first kappa shape index (κ1) is 19.1. The molecule has 0 amide bonds. The fourth-order valence-corrected chi connectivity index (χ4v) is 3.83. The van der Waals surface area contributed by atoms with Gasteiger partial charge in [0.05, 0.1) is 40.5 Å². The number of nitrogens with zero attached hydrogens (tertiary/aromatic N) is 7. The molecule has 0 saturated heterocycles. The summed E-state index contributed by atoms with van der Waals surface area (Å²) in [5.74, 6) is 0.629. The Balaban J connectivity index is 1.48. The van der Waals surface area contributed by atoms with Gasteiger partial charge in [-0.3, -0.25) is 20.1 Å². The van der Waals surface area contributed by atoms with Crippen LogP contribution >= 0.6 is 0 Å². The third kappa shape index (κ3) is 3.26. The molecule has 0 fully saturated rings.